The Morgan fingerprint density at radius 3 is 2.14 bits per heavy atom. The lowest BCUT2D eigenvalue weighted by molar-refractivity contribution is -0.124. The van der Waals surface area contributed by atoms with Gasteiger partial charge in [-0.15, -0.1) is 0 Å². The second-order valence-corrected chi connectivity index (χ2v) is 7.36. The topological polar surface area (TPSA) is 70.2 Å². The first-order valence-corrected chi connectivity index (χ1v) is 10.1. The van der Waals surface area contributed by atoms with Crippen LogP contribution in [0, 0.1) is 5.92 Å². The lowest BCUT2D eigenvalue weighted by Crippen LogP contribution is -2.36. The number of amides is 3. The van der Waals surface area contributed by atoms with E-state index < -0.39 is 0 Å². The fraction of sp³-hybridized carbons (Fsp3) is 0.391. The van der Waals surface area contributed by atoms with Gasteiger partial charge in [0, 0.05) is 25.6 Å². The van der Waals surface area contributed by atoms with Crippen LogP contribution in [0.5, 0.6) is 0 Å². The van der Waals surface area contributed by atoms with Gasteiger partial charge in [-0.25, -0.2) is 4.79 Å². The molecule has 1 saturated carbocycles. The molecule has 1 aliphatic rings. The van der Waals surface area contributed by atoms with E-state index in [2.05, 4.69) is 28.1 Å². The fourth-order valence-corrected chi connectivity index (χ4v) is 3.58. The number of urea groups is 1. The Balaban J connectivity index is 1.37. The third-order valence-corrected chi connectivity index (χ3v) is 5.18. The highest BCUT2D eigenvalue weighted by atomic mass is 16.2. The van der Waals surface area contributed by atoms with Gasteiger partial charge >= 0.3 is 6.03 Å². The van der Waals surface area contributed by atoms with E-state index in [4.69, 9.17) is 0 Å². The van der Waals surface area contributed by atoms with E-state index >= 15 is 0 Å². The first-order valence-electron chi connectivity index (χ1n) is 10.1. The van der Waals surface area contributed by atoms with Crippen LogP contribution in [0.1, 0.15) is 42.4 Å². The van der Waals surface area contributed by atoms with E-state index in [1.807, 2.05) is 42.5 Å². The molecule has 3 rings (SSSR count). The predicted octanol–water partition coefficient (Wildman–Crippen LogP) is 3.53. The molecule has 5 nitrogen and oxygen atoms in total. The van der Waals surface area contributed by atoms with Gasteiger partial charge in [-0.3, -0.25) is 4.79 Å². The number of hydrogen-bond donors (Lipinski definition) is 3. The number of nitrogens with one attached hydrogen (secondary N) is 3. The standard InChI is InChI=1S/C23H29N3O2/c27-22(21-11-4-5-12-21)25-16-19-9-6-10-20(15-19)17-26-23(28)24-14-13-18-7-2-1-3-8-18/h1-3,6-10,15,21H,4-5,11-14,16-17H2,(H,25,27)(H2,24,26,28). The third-order valence-electron chi connectivity index (χ3n) is 5.18. The molecule has 0 saturated heterocycles. The van der Waals surface area contributed by atoms with E-state index in [0.717, 1.165) is 43.2 Å². The molecule has 0 spiro atoms. The smallest absolute Gasteiger partial charge is 0.315 e. The average molecular weight is 380 g/mol. The van der Waals surface area contributed by atoms with Crippen molar-refractivity contribution in [1.82, 2.24) is 16.0 Å². The van der Waals surface area contributed by atoms with Crippen molar-refractivity contribution in [3.05, 3.63) is 71.3 Å². The minimum absolute atomic E-state index is 0.166. The molecule has 0 atom stereocenters. The molecule has 0 radical (unpaired) electrons. The minimum atomic E-state index is -0.170. The van der Waals surface area contributed by atoms with Crippen LogP contribution in [0.25, 0.3) is 0 Å². The molecule has 1 fully saturated rings. The second-order valence-electron chi connectivity index (χ2n) is 7.36. The summed E-state index contributed by atoms with van der Waals surface area (Å²) in [6.45, 7) is 1.59. The molecule has 0 aromatic heterocycles. The highest BCUT2D eigenvalue weighted by Crippen LogP contribution is 2.24. The van der Waals surface area contributed by atoms with Crippen LogP contribution >= 0.6 is 0 Å². The zero-order chi connectivity index (χ0) is 19.6. The summed E-state index contributed by atoms with van der Waals surface area (Å²) in [6, 6.07) is 17.9. The SMILES string of the molecule is O=C(NCCc1ccccc1)NCc1cccc(CNC(=O)C2CCCC2)c1. The molecule has 5 heteroatoms. The zero-order valence-corrected chi connectivity index (χ0v) is 16.2. The quantitative estimate of drug-likeness (QED) is 0.657. The second kappa shape index (κ2) is 10.5. The highest BCUT2D eigenvalue weighted by Gasteiger charge is 2.22. The van der Waals surface area contributed by atoms with E-state index in [-0.39, 0.29) is 17.9 Å². The van der Waals surface area contributed by atoms with E-state index in [9.17, 15) is 9.59 Å². The van der Waals surface area contributed by atoms with Crippen molar-refractivity contribution in [2.45, 2.75) is 45.2 Å². The summed E-state index contributed by atoms with van der Waals surface area (Å²) >= 11 is 0. The fourth-order valence-electron chi connectivity index (χ4n) is 3.58. The van der Waals surface area contributed by atoms with Gasteiger partial charge in [-0.2, -0.15) is 0 Å². The maximum atomic E-state index is 12.1. The van der Waals surface area contributed by atoms with Crippen LogP contribution in [0.2, 0.25) is 0 Å². The molecule has 0 aliphatic heterocycles. The summed E-state index contributed by atoms with van der Waals surface area (Å²) in [6.07, 6.45) is 5.15. The molecule has 3 amide bonds. The Kier molecular flexibility index (Phi) is 7.47. The van der Waals surface area contributed by atoms with Crippen LogP contribution in [0.4, 0.5) is 4.79 Å². The Bertz CT molecular complexity index is 770. The summed E-state index contributed by atoms with van der Waals surface area (Å²) < 4.78 is 0. The van der Waals surface area contributed by atoms with Gasteiger partial charge in [0.2, 0.25) is 5.91 Å². The summed E-state index contributed by atoms with van der Waals surface area (Å²) in [5, 5.41) is 8.80. The molecule has 28 heavy (non-hydrogen) atoms. The van der Waals surface area contributed by atoms with Crippen LogP contribution in [0.3, 0.4) is 0 Å². The van der Waals surface area contributed by atoms with Gasteiger partial charge in [-0.05, 0) is 36.0 Å². The Morgan fingerprint density at radius 2 is 1.43 bits per heavy atom. The lowest BCUT2D eigenvalue weighted by atomic mass is 10.1. The van der Waals surface area contributed by atoms with Crippen LogP contribution in [-0.4, -0.2) is 18.5 Å². The zero-order valence-electron chi connectivity index (χ0n) is 16.2. The van der Waals surface area contributed by atoms with Crippen molar-refractivity contribution in [2.24, 2.45) is 5.92 Å². The van der Waals surface area contributed by atoms with E-state index in [0.29, 0.717) is 19.6 Å². The number of benzene rings is 2. The summed E-state index contributed by atoms with van der Waals surface area (Å²) in [7, 11) is 0. The molecule has 1 aliphatic carbocycles. The van der Waals surface area contributed by atoms with Gasteiger partial charge in [0.1, 0.15) is 0 Å². The summed E-state index contributed by atoms with van der Waals surface area (Å²) in [5.41, 5.74) is 3.27. The van der Waals surface area contributed by atoms with Crippen LogP contribution in [-0.2, 0) is 24.3 Å². The van der Waals surface area contributed by atoms with Crippen molar-refractivity contribution in [3.8, 4) is 0 Å². The van der Waals surface area contributed by atoms with E-state index in [1.54, 1.807) is 0 Å². The first kappa shape index (κ1) is 19.9. The number of rotatable bonds is 8. The summed E-state index contributed by atoms with van der Waals surface area (Å²) in [5.74, 6) is 0.350. The number of carbonyl (C=O) groups is 2. The van der Waals surface area contributed by atoms with Crippen LogP contribution in [0.15, 0.2) is 54.6 Å². The molecule has 2 aromatic carbocycles. The molecule has 3 N–H and O–H groups in total. The molecule has 0 bridgehead atoms. The van der Waals surface area contributed by atoms with E-state index in [1.165, 1.54) is 5.56 Å². The van der Waals surface area contributed by atoms with Gasteiger partial charge in [0.15, 0.2) is 0 Å². The van der Waals surface area contributed by atoms with Gasteiger partial charge in [-0.1, -0.05) is 67.4 Å². The molecule has 0 unspecified atom stereocenters. The molecular weight excluding hydrogens is 350 g/mol. The number of carbonyl (C=O) groups excluding carboxylic acids is 2. The monoisotopic (exact) mass is 379 g/mol. The van der Waals surface area contributed by atoms with Gasteiger partial charge < -0.3 is 16.0 Å². The van der Waals surface area contributed by atoms with Crippen molar-refractivity contribution < 1.29 is 9.59 Å². The van der Waals surface area contributed by atoms with Gasteiger partial charge in [0.25, 0.3) is 0 Å². The Hall–Kier alpha value is -2.82. The third kappa shape index (κ3) is 6.41. The Morgan fingerprint density at radius 1 is 0.786 bits per heavy atom. The van der Waals surface area contributed by atoms with Crippen molar-refractivity contribution in [2.75, 3.05) is 6.54 Å². The maximum Gasteiger partial charge on any atom is 0.315 e. The lowest BCUT2D eigenvalue weighted by Gasteiger charge is -2.12. The normalized spacial score (nSPS) is 13.9. The average Bonchev–Trinajstić information content (AvgIpc) is 3.27. The molecule has 148 valence electrons. The predicted molar refractivity (Wildman–Crippen MR) is 111 cm³/mol. The number of hydrogen-bond acceptors (Lipinski definition) is 2. The minimum Gasteiger partial charge on any atom is -0.352 e. The van der Waals surface area contributed by atoms with Gasteiger partial charge in [0.05, 0.1) is 0 Å². The molecule has 2 aromatic rings. The molecule has 0 heterocycles. The van der Waals surface area contributed by atoms with Crippen molar-refractivity contribution in [1.29, 1.82) is 0 Å². The Labute approximate surface area is 166 Å². The first-order chi connectivity index (χ1) is 13.7. The van der Waals surface area contributed by atoms with Crippen molar-refractivity contribution in [3.63, 3.8) is 0 Å². The van der Waals surface area contributed by atoms with Crippen LogP contribution < -0.4 is 16.0 Å². The largest absolute Gasteiger partial charge is 0.352 e. The maximum absolute atomic E-state index is 12.1. The van der Waals surface area contributed by atoms with Crippen molar-refractivity contribution >= 4 is 11.9 Å². The highest BCUT2D eigenvalue weighted by molar-refractivity contribution is 5.78. The summed E-state index contributed by atoms with van der Waals surface area (Å²) in [4.78, 5) is 24.1. The molecular formula is C23H29N3O2.